The first kappa shape index (κ1) is 19.8. The van der Waals surface area contributed by atoms with Gasteiger partial charge in [0.05, 0.1) is 25.4 Å². The Morgan fingerprint density at radius 1 is 1.34 bits per heavy atom. The molecule has 4 rings (SSSR count). The number of benzene rings is 1. The van der Waals surface area contributed by atoms with E-state index >= 15 is 0 Å². The predicted molar refractivity (Wildman–Crippen MR) is 115 cm³/mol. The van der Waals surface area contributed by atoms with Crippen LogP contribution in [0.15, 0.2) is 23.3 Å². The first-order chi connectivity index (χ1) is 14.1. The molecule has 156 valence electrons. The van der Waals surface area contributed by atoms with Crippen molar-refractivity contribution in [2.24, 2.45) is 16.6 Å². The third-order valence-electron chi connectivity index (χ3n) is 5.91. The quantitative estimate of drug-likeness (QED) is 0.719. The highest BCUT2D eigenvalue weighted by Gasteiger charge is 2.32. The lowest BCUT2D eigenvalue weighted by molar-refractivity contribution is 0.175. The van der Waals surface area contributed by atoms with Gasteiger partial charge in [0.25, 0.3) is 0 Å². The number of fused-ring (bicyclic) bond motifs is 1. The Labute approximate surface area is 171 Å². The molecule has 29 heavy (non-hydrogen) atoms. The van der Waals surface area contributed by atoms with Crippen molar-refractivity contribution < 1.29 is 14.3 Å². The summed E-state index contributed by atoms with van der Waals surface area (Å²) in [7, 11) is 1.42. The van der Waals surface area contributed by atoms with Crippen molar-refractivity contribution in [2.75, 3.05) is 31.7 Å². The molecule has 7 heteroatoms. The second-order valence-corrected chi connectivity index (χ2v) is 8.13. The van der Waals surface area contributed by atoms with Crippen molar-refractivity contribution in [3.05, 3.63) is 29.5 Å². The Balaban J connectivity index is 1.73. The summed E-state index contributed by atoms with van der Waals surface area (Å²) < 4.78 is 11.4. The molecule has 0 aromatic heterocycles. The van der Waals surface area contributed by atoms with Crippen molar-refractivity contribution in [1.82, 2.24) is 5.32 Å². The largest absolute Gasteiger partial charge is 0.492 e. The predicted octanol–water partition coefficient (Wildman–Crippen LogP) is 2.73. The number of hydrogen-bond acceptors (Lipinski definition) is 6. The lowest BCUT2D eigenvalue weighted by Gasteiger charge is -2.36. The van der Waals surface area contributed by atoms with Crippen molar-refractivity contribution >= 4 is 23.6 Å². The molecule has 0 spiro atoms. The molecule has 1 atom stereocenters. The van der Waals surface area contributed by atoms with Crippen molar-refractivity contribution in [1.29, 1.82) is 0 Å². The molecule has 0 unspecified atom stereocenters. The van der Waals surface area contributed by atoms with Crippen LogP contribution in [0.2, 0.25) is 0 Å². The number of anilines is 1. The van der Waals surface area contributed by atoms with Crippen LogP contribution in [0.3, 0.4) is 0 Å². The summed E-state index contributed by atoms with van der Waals surface area (Å²) in [6.07, 6.45) is 7.09. The van der Waals surface area contributed by atoms with Crippen molar-refractivity contribution in [2.45, 2.75) is 44.7 Å². The minimum absolute atomic E-state index is 0.0745. The fourth-order valence-corrected chi connectivity index (χ4v) is 3.85. The molecule has 2 heterocycles. The van der Waals surface area contributed by atoms with Crippen LogP contribution < -0.4 is 20.7 Å². The zero-order chi connectivity index (χ0) is 20.4. The zero-order valence-electron chi connectivity index (χ0n) is 17.2. The molecule has 1 saturated heterocycles. The van der Waals surface area contributed by atoms with E-state index in [0.717, 1.165) is 66.9 Å². The van der Waals surface area contributed by atoms with Gasteiger partial charge >= 0.3 is 6.09 Å². The molecule has 1 aromatic carbocycles. The summed E-state index contributed by atoms with van der Waals surface area (Å²) >= 11 is 0. The number of methoxy groups -OCH3 is 1. The van der Waals surface area contributed by atoms with Gasteiger partial charge in [0.1, 0.15) is 5.75 Å². The van der Waals surface area contributed by atoms with E-state index in [1.54, 1.807) is 11.1 Å². The third kappa shape index (κ3) is 4.10. The molecular formula is C22H30N4O3. The number of carbonyl (C=O) groups is 1. The molecule has 0 bridgehead atoms. The number of nitrogens with zero attached hydrogens (tertiary/aromatic N) is 2. The Bertz CT molecular complexity index is 828. The number of rotatable bonds is 6. The van der Waals surface area contributed by atoms with Crippen molar-refractivity contribution in [3.63, 3.8) is 0 Å². The molecule has 2 aliphatic heterocycles. The first-order valence-electron chi connectivity index (χ1n) is 10.4. The summed E-state index contributed by atoms with van der Waals surface area (Å²) in [4.78, 5) is 18.8. The average Bonchev–Trinajstić information content (AvgIpc) is 3.51. The average molecular weight is 399 g/mol. The number of ether oxygens (including phenoxy) is 2. The number of allylic oxidation sites excluding steroid dienone is 1. The van der Waals surface area contributed by atoms with Crippen LogP contribution >= 0.6 is 0 Å². The van der Waals surface area contributed by atoms with Crippen LogP contribution in [-0.4, -0.2) is 51.2 Å². The van der Waals surface area contributed by atoms with Gasteiger partial charge in [-0.2, -0.15) is 0 Å². The van der Waals surface area contributed by atoms with Gasteiger partial charge in [-0.3, -0.25) is 9.89 Å². The Morgan fingerprint density at radius 3 is 2.76 bits per heavy atom. The standard InChI is InChI=1S/C22H30N4O3/c1-14-3-6-19-20(26(14)22(27)28-2)8-7-18(16(9-23)12-25-17-4-5-17)21(19)29-13-15-10-24-11-15/h7-9,12,14-15,17,24H,3-6,10-11,13,23H2,1-2H3/t14-/m0/s1. The maximum atomic E-state index is 12.4. The minimum atomic E-state index is -0.342. The molecule has 3 aliphatic rings. The summed E-state index contributed by atoms with van der Waals surface area (Å²) in [5.41, 5.74) is 9.65. The van der Waals surface area contributed by atoms with Crippen LogP contribution in [-0.2, 0) is 11.2 Å². The summed E-state index contributed by atoms with van der Waals surface area (Å²) in [5.74, 6) is 1.32. The smallest absolute Gasteiger partial charge is 0.414 e. The highest BCUT2D eigenvalue weighted by Crippen LogP contribution is 2.41. The third-order valence-corrected chi connectivity index (χ3v) is 5.91. The Morgan fingerprint density at radius 2 is 2.14 bits per heavy atom. The van der Waals surface area contributed by atoms with Gasteiger partial charge in [0.15, 0.2) is 0 Å². The van der Waals surface area contributed by atoms with E-state index in [9.17, 15) is 4.79 Å². The maximum Gasteiger partial charge on any atom is 0.414 e. The number of carbonyl (C=O) groups excluding carboxylic acids is 1. The second-order valence-electron chi connectivity index (χ2n) is 8.13. The minimum Gasteiger partial charge on any atom is -0.492 e. The highest BCUT2D eigenvalue weighted by molar-refractivity contribution is 6.11. The van der Waals surface area contributed by atoms with Crippen LogP contribution in [0.5, 0.6) is 5.75 Å². The maximum absolute atomic E-state index is 12.4. The van der Waals surface area contributed by atoms with E-state index in [2.05, 4.69) is 10.3 Å². The van der Waals surface area contributed by atoms with Crippen molar-refractivity contribution in [3.8, 4) is 5.75 Å². The topological polar surface area (TPSA) is 89.2 Å². The van der Waals surface area contributed by atoms with Gasteiger partial charge < -0.3 is 20.5 Å². The lowest BCUT2D eigenvalue weighted by Crippen LogP contribution is -2.45. The van der Waals surface area contributed by atoms with Crippen LogP contribution in [0, 0.1) is 5.92 Å². The number of nitrogens with two attached hydrogens (primary N) is 1. The van der Waals surface area contributed by atoms with Gasteiger partial charge in [0.2, 0.25) is 0 Å². The molecule has 1 amide bonds. The monoisotopic (exact) mass is 398 g/mol. The van der Waals surface area contributed by atoms with E-state index in [4.69, 9.17) is 15.2 Å². The summed E-state index contributed by atoms with van der Waals surface area (Å²) in [5, 5.41) is 3.28. The molecule has 3 N–H and O–H groups in total. The molecule has 1 aromatic rings. The highest BCUT2D eigenvalue weighted by atomic mass is 16.5. The Kier molecular flexibility index (Phi) is 5.76. The van der Waals surface area contributed by atoms with Gasteiger partial charge in [0, 0.05) is 54.2 Å². The molecule has 1 saturated carbocycles. The van der Waals surface area contributed by atoms with Gasteiger partial charge in [-0.25, -0.2) is 4.79 Å². The van der Waals surface area contributed by atoms with E-state index < -0.39 is 0 Å². The first-order valence-corrected chi connectivity index (χ1v) is 10.4. The number of amides is 1. The zero-order valence-corrected chi connectivity index (χ0v) is 17.2. The molecular weight excluding hydrogens is 368 g/mol. The molecule has 0 radical (unpaired) electrons. The van der Waals surface area contributed by atoms with E-state index in [1.807, 2.05) is 25.3 Å². The summed E-state index contributed by atoms with van der Waals surface area (Å²) in [6.45, 7) is 4.63. The van der Waals surface area contributed by atoms with Crippen LogP contribution in [0.4, 0.5) is 10.5 Å². The van der Waals surface area contributed by atoms with Gasteiger partial charge in [-0.15, -0.1) is 0 Å². The number of aliphatic imine (C=N–C) groups is 1. The number of hydrogen-bond donors (Lipinski definition) is 2. The SMILES string of the molecule is COC(=O)N1c2ccc(C(C=NC3CC3)=CN)c(OCC3CNC3)c2CC[C@@H]1C. The normalized spacial score (nSPS) is 22.3. The van der Waals surface area contributed by atoms with Crippen LogP contribution in [0.1, 0.15) is 37.3 Å². The van der Waals surface area contributed by atoms with Gasteiger partial charge in [-0.1, -0.05) is 0 Å². The van der Waals surface area contributed by atoms with Crippen LogP contribution in [0.25, 0.3) is 5.57 Å². The molecule has 1 aliphatic carbocycles. The van der Waals surface area contributed by atoms with E-state index in [1.165, 1.54) is 7.11 Å². The summed E-state index contributed by atoms with van der Waals surface area (Å²) in [6, 6.07) is 4.46. The second kappa shape index (κ2) is 8.45. The molecule has 7 nitrogen and oxygen atoms in total. The Hall–Kier alpha value is -2.54. The number of nitrogens with one attached hydrogen (secondary N) is 1. The fraction of sp³-hybridized carbons (Fsp3) is 0.545. The molecule has 2 fully saturated rings. The van der Waals surface area contributed by atoms with E-state index in [0.29, 0.717) is 18.6 Å². The fourth-order valence-electron chi connectivity index (χ4n) is 3.85. The lowest BCUT2D eigenvalue weighted by atomic mass is 9.92. The van der Waals surface area contributed by atoms with Gasteiger partial charge in [-0.05, 0) is 44.7 Å². The van der Waals surface area contributed by atoms with E-state index in [-0.39, 0.29) is 12.1 Å².